The maximum Gasteiger partial charge on any atom is 0.360 e. The smallest absolute Gasteiger partial charge is 0.322 e. The van der Waals surface area contributed by atoms with E-state index in [1.54, 1.807) is 9.80 Å². The molecule has 0 spiro atoms. The number of piperazine rings is 1. The van der Waals surface area contributed by atoms with E-state index in [0.29, 0.717) is 26.2 Å². The second-order valence-corrected chi connectivity index (χ2v) is 5.37. The van der Waals surface area contributed by atoms with Gasteiger partial charge in [0.25, 0.3) is 0 Å². The summed E-state index contributed by atoms with van der Waals surface area (Å²) >= 11 is 1.83. The van der Waals surface area contributed by atoms with Gasteiger partial charge in [-0.15, -0.1) is 5.43 Å². The van der Waals surface area contributed by atoms with Crippen LogP contribution in [0.5, 0.6) is 0 Å². The first-order valence-electron chi connectivity index (χ1n) is 6.10. The van der Waals surface area contributed by atoms with Crippen LogP contribution < -0.4 is 16.2 Å². The number of rotatable bonds is 0. The van der Waals surface area contributed by atoms with E-state index in [9.17, 15) is 9.59 Å². The van der Waals surface area contributed by atoms with Crippen LogP contribution in [0.2, 0.25) is 0 Å². The number of amides is 4. The Hall–Kier alpha value is -1.15. The Balaban J connectivity index is 1.69. The van der Waals surface area contributed by atoms with Crippen molar-refractivity contribution in [3.8, 4) is 0 Å². The third kappa shape index (κ3) is 3.67. The number of nitrogens with zero attached hydrogens (tertiary/aromatic N) is 3. The number of urea groups is 2. The highest BCUT2D eigenvalue weighted by molar-refractivity contribution is 7.99. The first kappa shape index (κ1) is 13.3. The molecule has 0 aromatic rings. The third-order valence-electron chi connectivity index (χ3n) is 2.93. The molecule has 0 aromatic heterocycles. The average Bonchev–Trinajstić information content (AvgIpc) is 2.46. The van der Waals surface area contributed by atoms with Gasteiger partial charge in [-0.3, -0.25) is 0 Å². The Morgan fingerprint density at radius 3 is 2.39 bits per heavy atom. The molecule has 2 fully saturated rings. The van der Waals surface area contributed by atoms with Gasteiger partial charge >= 0.3 is 12.1 Å². The zero-order chi connectivity index (χ0) is 12.8. The van der Waals surface area contributed by atoms with E-state index in [2.05, 4.69) is 16.2 Å². The highest BCUT2D eigenvalue weighted by atomic mass is 32.2. The van der Waals surface area contributed by atoms with E-state index >= 15 is 0 Å². The summed E-state index contributed by atoms with van der Waals surface area (Å²) in [5, 5.41) is 3.15. The monoisotopic (exact) mass is 272 g/mol. The fourth-order valence-electron chi connectivity index (χ4n) is 1.86. The topological polar surface area (TPSA) is 78.8 Å². The molecule has 8 heteroatoms. The van der Waals surface area contributed by atoms with Gasteiger partial charge in [0, 0.05) is 50.8 Å². The van der Waals surface area contributed by atoms with E-state index < -0.39 is 0 Å². The Kier molecular flexibility index (Phi) is 4.94. The van der Waals surface area contributed by atoms with Crippen LogP contribution in [0.25, 0.3) is 0 Å². The summed E-state index contributed by atoms with van der Waals surface area (Å²) in [5.41, 5.74) is 5.97. The van der Waals surface area contributed by atoms with Gasteiger partial charge in [-0.05, 0) is 0 Å². The van der Waals surface area contributed by atoms with E-state index in [4.69, 9.17) is 0 Å². The molecule has 2 heterocycles. The summed E-state index contributed by atoms with van der Waals surface area (Å²) in [7, 11) is 0. The minimum Gasteiger partial charge on any atom is -0.322 e. The maximum atomic E-state index is 11.7. The zero-order valence-electron chi connectivity index (χ0n) is 10.2. The van der Waals surface area contributed by atoms with Crippen molar-refractivity contribution in [2.75, 3.05) is 50.8 Å². The van der Waals surface area contributed by atoms with E-state index in [-0.39, 0.29) is 12.1 Å². The Morgan fingerprint density at radius 2 is 1.72 bits per heavy atom. The molecule has 101 valence electrons. The lowest BCUT2D eigenvalue weighted by atomic mass is 10.4. The standard InChI is InChI=1S/C10H18N5O2S/c16-9(14-3-1-11-2-4-14)12-13-10(17)15-5-7-18-8-6-15/h11H,1-8H2,(H,13,17). The van der Waals surface area contributed by atoms with Crippen molar-refractivity contribution in [3.05, 3.63) is 0 Å². The molecule has 1 radical (unpaired) electrons. The molecule has 18 heavy (non-hydrogen) atoms. The summed E-state index contributed by atoms with van der Waals surface area (Å²) in [5.74, 6) is 1.89. The third-order valence-corrected chi connectivity index (χ3v) is 3.88. The van der Waals surface area contributed by atoms with Crippen molar-refractivity contribution in [1.82, 2.24) is 26.0 Å². The second-order valence-electron chi connectivity index (χ2n) is 4.15. The van der Waals surface area contributed by atoms with Crippen LogP contribution in [-0.4, -0.2) is 72.6 Å². The number of carbonyl (C=O) groups excluding carboxylic acids is 2. The molecule has 2 saturated heterocycles. The quantitative estimate of drug-likeness (QED) is 0.571. The molecule has 0 aromatic carbocycles. The van der Waals surface area contributed by atoms with Gasteiger partial charge in [0.05, 0.1) is 0 Å². The number of thioether (sulfide) groups is 1. The van der Waals surface area contributed by atoms with E-state index in [1.807, 2.05) is 11.8 Å². The molecule has 4 amide bonds. The van der Waals surface area contributed by atoms with Crippen LogP contribution in [0, 0.1) is 0 Å². The fourth-order valence-corrected chi connectivity index (χ4v) is 2.76. The normalized spacial score (nSPS) is 20.4. The van der Waals surface area contributed by atoms with Crippen molar-refractivity contribution in [3.63, 3.8) is 0 Å². The molecule has 2 aliphatic rings. The predicted octanol–water partition coefficient (Wildman–Crippen LogP) is -0.711. The molecule has 0 bridgehead atoms. The van der Waals surface area contributed by atoms with Crippen molar-refractivity contribution in [2.45, 2.75) is 0 Å². The first-order chi connectivity index (χ1) is 8.77. The summed E-state index contributed by atoms with van der Waals surface area (Å²) in [6, 6.07) is -0.644. The van der Waals surface area contributed by atoms with Crippen molar-refractivity contribution < 1.29 is 9.59 Å². The minimum absolute atomic E-state index is 0.279. The lowest BCUT2D eigenvalue weighted by molar-refractivity contribution is 0.174. The number of hydrogen-bond donors (Lipinski definition) is 2. The van der Waals surface area contributed by atoms with Gasteiger partial charge in [-0.1, -0.05) is 0 Å². The molecule has 0 saturated carbocycles. The summed E-state index contributed by atoms with van der Waals surface area (Å²) in [4.78, 5) is 26.7. The minimum atomic E-state index is -0.365. The van der Waals surface area contributed by atoms with Gasteiger partial charge in [0.1, 0.15) is 0 Å². The molecule has 0 unspecified atom stereocenters. The van der Waals surface area contributed by atoms with Crippen LogP contribution >= 0.6 is 11.8 Å². The molecule has 0 atom stereocenters. The molecule has 2 aliphatic heterocycles. The predicted molar refractivity (Wildman–Crippen MR) is 69.4 cm³/mol. The Labute approximate surface area is 111 Å². The zero-order valence-corrected chi connectivity index (χ0v) is 11.0. The van der Waals surface area contributed by atoms with Gasteiger partial charge in [0.15, 0.2) is 0 Å². The summed E-state index contributed by atoms with van der Waals surface area (Å²) in [6.07, 6.45) is 0. The van der Waals surface area contributed by atoms with Crippen molar-refractivity contribution in [1.29, 1.82) is 0 Å². The molecular weight excluding hydrogens is 254 g/mol. The lowest BCUT2D eigenvalue weighted by Crippen LogP contribution is -2.53. The van der Waals surface area contributed by atoms with Gasteiger partial charge in [-0.25, -0.2) is 15.0 Å². The van der Waals surface area contributed by atoms with Gasteiger partial charge < -0.3 is 15.1 Å². The maximum absolute atomic E-state index is 11.7. The number of hydrogen-bond acceptors (Lipinski definition) is 4. The molecular formula is C10H18N5O2S. The Bertz CT molecular complexity index is 273. The van der Waals surface area contributed by atoms with Crippen LogP contribution in [0.4, 0.5) is 9.59 Å². The van der Waals surface area contributed by atoms with Gasteiger partial charge in [0.2, 0.25) is 0 Å². The van der Waals surface area contributed by atoms with Crippen LogP contribution in [0.15, 0.2) is 0 Å². The van der Waals surface area contributed by atoms with Crippen LogP contribution in [0.3, 0.4) is 0 Å². The highest BCUT2D eigenvalue weighted by Crippen LogP contribution is 2.08. The molecule has 7 nitrogen and oxygen atoms in total. The molecule has 2 N–H and O–H groups in total. The lowest BCUT2D eigenvalue weighted by Gasteiger charge is -2.28. The fraction of sp³-hybridized carbons (Fsp3) is 0.800. The molecule has 2 rings (SSSR count). The van der Waals surface area contributed by atoms with E-state index in [1.165, 1.54) is 0 Å². The highest BCUT2D eigenvalue weighted by Gasteiger charge is 2.21. The SMILES string of the molecule is O=C([N]NC(=O)N1CCSCC1)N1CCNCC1. The average molecular weight is 272 g/mol. The summed E-state index contributed by atoms with van der Waals surface area (Å²) < 4.78 is 0. The largest absolute Gasteiger partial charge is 0.360 e. The van der Waals surface area contributed by atoms with Crippen molar-refractivity contribution >= 4 is 23.8 Å². The van der Waals surface area contributed by atoms with E-state index in [0.717, 1.165) is 24.6 Å². The summed E-state index contributed by atoms with van der Waals surface area (Å²) in [6.45, 7) is 4.26. The molecule has 0 aliphatic carbocycles. The second kappa shape index (κ2) is 6.69. The Morgan fingerprint density at radius 1 is 1.06 bits per heavy atom. The van der Waals surface area contributed by atoms with Gasteiger partial charge in [-0.2, -0.15) is 11.8 Å². The van der Waals surface area contributed by atoms with Crippen molar-refractivity contribution in [2.24, 2.45) is 0 Å². The first-order valence-corrected chi connectivity index (χ1v) is 7.26. The number of nitrogens with one attached hydrogen (secondary N) is 2. The number of carbonyl (C=O) groups is 2. The van der Waals surface area contributed by atoms with Crippen LogP contribution in [0.1, 0.15) is 0 Å². The van der Waals surface area contributed by atoms with Crippen LogP contribution in [-0.2, 0) is 0 Å².